The van der Waals surface area contributed by atoms with Crippen LogP contribution >= 0.6 is 23.2 Å². The zero-order valence-electron chi connectivity index (χ0n) is 10.1. The zero-order valence-corrected chi connectivity index (χ0v) is 11.6. The molecule has 0 fully saturated rings. The first kappa shape index (κ1) is 13.1. The number of esters is 1. The van der Waals surface area contributed by atoms with Gasteiger partial charge in [-0.05, 0) is 24.3 Å². The van der Waals surface area contributed by atoms with Gasteiger partial charge < -0.3 is 14.2 Å². The fraction of sp³-hybridized carbons (Fsp3) is 0.0714. The summed E-state index contributed by atoms with van der Waals surface area (Å²) in [5.74, 6) is 0.843. The van der Waals surface area contributed by atoms with Crippen LogP contribution in [0.3, 0.4) is 0 Å². The minimum Gasteiger partial charge on any atom is -0.454 e. The normalized spacial score (nSPS) is 12.3. The van der Waals surface area contributed by atoms with Crippen LogP contribution in [-0.2, 0) is 0 Å². The van der Waals surface area contributed by atoms with E-state index in [-0.39, 0.29) is 22.4 Å². The van der Waals surface area contributed by atoms with Gasteiger partial charge in [0.05, 0.1) is 15.6 Å². The lowest BCUT2D eigenvalue weighted by atomic mass is 10.2. The molecule has 3 rings (SSSR count). The fourth-order valence-electron chi connectivity index (χ4n) is 1.79. The SMILES string of the molecule is O=C(Oc1ccc2c(c1)OCO2)c1c(Cl)cccc1Cl. The molecule has 1 heterocycles. The molecule has 1 aliphatic rings. The number of fused-ring (bicyclic) bond motifs is 1. The molecule has 0 N–H and O–H groups in total. The Balaban J connectivity index is 1.86. The van der Waals surface area contributed by atoms with Crippen molar-refractivity contribution in [2.45, 2.75) is 0 Å². The van der Waals surface area contributed by atoms with E-state index in [1.165, 1.54) is 0 Å². The molecule has 0 amide bonds. The summed E-state index contributed by atoms with van der Waals surface area (Å²) >= 11 is 11.9. The molecule has 0 aliphatic carbocycles. The van der Waals surface area contributed by atoms with Crippen molar-refractivity contribution in [1.29, 1.82) is 0 Å². The molecule has 1 aliphatic heterocycles. The van der Waals surface area contributed by atoms with E-state index < -0.39 is 5.97 Å². The second-order valence-corrected chi connectivity index (χ2v) is 4.82. The maximum atomic E-state index is 12.1. The van der Waals surface area contributed by atoms with Gasteiger partial charge in [-0.25, -0.2) is 4.79 Å². The Hall–Kier alpha value is -1.91. The van der Waals surface area contributed by atoms with Crippen LogP contribution in [0.1, 0.15) is 10.4 Å². The monoisotopic (exact) mass is 310 g/mol. The van der Waals surface area contributed by atoms with Gasteiger partial charge >= 0.3 is 5.97 Å². The number of rotatable bonds is 2. The first-order valence-corrected chi connectivity index (χ1v) is 6.46. The summed E-state index contributed by atoms with van der Waals surface area (Å²) in [6, 6.07) is 9.65. The number of carbonyl (C=O) groups is 1. The van der Waals surface area contributed by atoms with Gasteiger partial charge in [-0.15, -0.1) is 0 Å². The van der Waals surface area contributed by atoms with Gasteiger partial charge in [0.15, 0.2) is 11.5 Å². The van der Waals surface area contributed by atoms with Gasteiger partial charge in [-0.2, -0.15) is 0 Å². The molecule has 0 unspecified atom stereocenters. The van der Waals surface area contributed by atoms with Crippen molar-refractivity contribution in [2.75, 3.05) is 6.79 Å². The van der Waals surface area contributed by atoms with E-state index in [4.69, 9.17) is 37.4 Å². The average molecular weight is 311 g/mol. The lowest BCUT2D eigenvalue weighted by Gasteiger charge is -2.07. The molecule has 0 bridgehead atoms. The number of benzene rings is 2. The third-order valence-electron chi connectivity index (χ3n) is 2.72. The second-order valence-electron chi connectivity index (χ2n) is 4.00. The Kier molecular flexibility index (Phi) is 3.42. The van der Waals surface area contributed by atoms with Crippen LogP contribution in [0, 0.1) is 0 Å². The Labute approximate surface area is 124 Å². The standard InChI is InChI=1S/C14H8Cl2O4/c15-9-2-1-3-10(16)13(9)14(17)20-8-4-5-11-12(6-8)19-7-18-11/h1-6H,7H2. The first-order valence-electron chi connectivity index (χ1n) is 5.71. The number of hydrogen-bond donors (Lipinski definition) is 0. The smallest absolute Gasteiger partial charge is 0.346 e. The molecule has 102 valence electrons. The van der Waals surface area contributed by atoms with E-state index in [1.54, 1.807) is 36.4 Å². The third-order valence-corrected chi connectivity index (χ3v) is 3.35. The predicted octanol–water partition coefficient (Wildman–Crippen LogP) is 3.94. The molecule has 20 heavy (non-hydrogen) atoms. The van der Waals surface area contributed by atoms with E-state index in [0.29, 0.717) is 17.2 Å². The quantitative estimate of drug-likeness (QED) is 0.622. The van der Waals surface area contributed by atoms with Crippen LogP contribution in [0.5, 0.6) is 17.2 Å². The van der Waals surface area contributed by atoms with Crippen molar-refractivity contribution >= 4 is 29.2 Å². The lowest BCUT2D eigenvalue weighted by Crippen LogP contribution is -2.09. The Morgan fingerprint density at radius 1 is 1.05 bits per heavy atom. The first-order chi connectivity index (χ1) is 9.65. The largest absolute Gasteiger partial charge is 0.454 e. The van der Waals surface area contributed by atoms with Gasteiger partial charge in [0.25, 0.3) is 0 Å². The molecule has 0 spiro atoms. The van der Waals surface area contributed by atoms with Crippen molar-refractivity contribution < 1.29 is 19.0 Å². The van der Waals surface area contributed by atoms with Crippen molar-refractivity contribution in [2.24, 2.45) is 0 Å². The topological polar surface area (TPSA) is 44.8 Å². The van der Waals surface area contributed by atoms with Gasteiger partial charge in [-0.1, -0.05) is 29.3 Å². The minimum absolute atomic E-state index is 0.133. The highest BCUT2D eigenvalue weighted by Crippen LogP contribution is 2.35. The van der Waals surface area contributed by atoms with Crippen LogP contribution in [0.2, 0.25) is 10.0 Å². The third kappa shape index (κ3) is 2.40. The second kappa shape index (κ2) is 5.23. The molecular formula is C14H8Cl2O4. The summed E-state index contributed by atoms with van der Waals surface area (Å²) < 4.78 is 15.6. The minimum atomic E-state index is -0.625. The Bertz CT molecular complexity index is 665. The highest BCUT2D eigenvalue weighted by molar-refractivity contribution is 6.39. The molecule has 0 saturated heterocycles. The van der Waals surface area contributed by atoms with Crippen LogP contribution < -0.4 is 14.2 Å². The maximum absolute atomic E-state index is 12.1. The van der Waals surface area contributed by atoms with Crippen molar-refractivity contribution in [3.05, 3.63) is 52.0 Å². The molecule has 0 saturated carbocycles. The molecule has 2 aromatic rings. The van der Waals surface area contributed by atoms with Crippen molar-refractivity contribution in [3.8, 4) is 17.2 Å². The number of carbonyl (C=O) groups excluding carboxylic acids is 1. The summed E-state index contributed by atoms with van der Waals surface area (Å²) in [6.07, 6.45) is 0. The molecule has 4 nitrogen and oxygen atoms in total. The number of halogens is 2. The summed E-state index contributed by atoms with van der Waals surface area (Å²) in [4.78, 5) is 12.1. The molecule has 2 aromatic carbocycles. The predicted molar refractivity (Wildman–Crippen MR) is 74.0 cm³/mol. The van der Waals surface area contributed by atoms with Gasteiger partial charge in [0, 0.05) is 6.07 Å². The highest BCUT2D eigenvalue weighted by atomic mass is 35.5. The summed E-state index contributed by atoms with van der Waals surface area (Å²) in [5.41, 5.74) is 0.133. The Morgan fingerprint density at radius 3 is 2.50 bits per heavy atom. The van der Waals surface area contributed by atoms with Crippen LogP contribution in [-0.4, -0.2) is 12.8 Å². The van der Waals surface area contributed by atoms with Crippen LogP contribution in [0.15, 0.2) is 36.4 Å². The van der Waals surface area contributed by atoms with E-state index in [2.05, 4.69) is 0 Å². The average Bonchev–Trinajstić information content (AvgIpc) is 2.85. The summed E-state index contributed by atoms with van der Waals surface area (Å²) in [5, 5.41) is 0.478. The van der Waals surface area contributed by atoms with Crippen LogP contribution in [0.4, 0.5) is 0 Å². The van der Waals surface area contributed by atoms with Crippen molar-refractivity contribution in [1.82, 2.24) is 0 Å². The fourth-order valence-corrected chi connectivity index (χ4v) is 2.34. The van der Waals surface area contributed by atoms with Gasteiger partial charge in [0.1, 0.15) is 5.75 Å². The van der Waals surface area contributed by atoms with Crippen LogP contribution in [0.25, 0.3) is 0 Å². The van der Waals surface area contributed by atoms with E-state index in [9.17, 15) is 4.79 Å². The maximum Gasteiger partial charge on any atom is 0.346 e. The Morgan fingerprint density at radius 2 is 1.75 bits per heavy atom. The van der Waals surface area contributed by atoms with E-state index in [0.717, 1.165) is 0 Å². The summed E-state index contributed by atoms with van der Waals surface area (Å²) in [7, 11) is 0. The molecule has 0 aromatic heterocycles. The lowest BCUT2D eigenvalue weighted by molar-refractivity contribution is 0.0735. The van der Waals surface area contributed by atoms with Crippen molar-refractivity contribution in [3.63, 3.8) is 0 Å². The number of hydrogen-bond acceptors (Lipinski definition) is 4. The molecule has 0 atom stereocenters. The van der Waals surface area contributed by atoms with E-state index in [1.807, 2.05) is 0 Å². The molecular weight excluding hydrogens is 303 g/mol. The molecule has 6 heteroatoms. The molecule has 0 radical (unpaired) electrons. The summed E-state index contributed by atoms with van der Waals surface area (Å²) in [6.45, 7) is 0.156. The van der Waals surface area contributed by atoms with Gasteiger partial charge in [0.2, 0.25) is 6.79 Å². The number of ether oxygens (including phenoxy) is 3. The highest BCUT2D eigenvalue weighted by Gasteiger charge is 2.19. The van der Waals surface area contributed by atoms with E-state index >= 15 is 0 Å². The zero-order chi connectivity index (χ0) is 14.1. The van der Waals surface area contributed by atoms with Gasteiger partial charge in [-0.3, -0.25) is 0 Å².